The fraction of sp³-hybridized carbons (Fsp3) is 0.625. The van der Waals surface area contributed by atoms with E-state index in [2.05, 4.69) is 15.3 Å². The number of carbonyl (C=O) groups excluding carboxylic acids is 1. The zero-order valence-corrected chi connectivity index (χ0v) is 14.2. The third-order valence-corrected chi connectivity index (χ3v) is 4.75. The maximum Gasteiger partial charge on any atom is 0.345 e. The number of hydrogen-bond donors (Lipinski definition) is 1. The quantitative estimate of drug-likeness (QED) is 0.871. The Kier molecular flexibility index (Phi) is 4.82. The van der Waals surface area contributed by atoms with Crippen LogP contribution in [0.15, 0.2) is 17.2 Å². The molecule has 0 radical (unpaired) electrons. The minimum Gasteiger partial charge on any atom is -0.343 e. The first-order valence-corrected chi connectivity index (χ1v) is 8.49. The number of amides is 1. The summed E-state index contributed by atoms with van der Waals surface area (Å²) in [6.45, 7) is 4.04. The van der Waals surface area contributed by atoms with Crippen molar-refractivity contribution in [3.8, 4) is 0 Å². The molecule has 0 bridgehead atoms. The van der Waals surface area contributed by atoms with Gasteiger partial charge in [0.2, 0.25) is 5.91 Å². The van der Waals surface area contributed by atoms with Crippen LogP contribution in [0.5, 0.6) is 0 Å². The van der Waals surface area contributed by atoms with Gasteiger partial charge in [0, 0.05) is 45.2 Å². The smallest absolute Gasteiger partial charge is 0.343 e. The first-order chi connectivity index (χ1) is 11.6. The Morgan fingerprint density at radius 3 is 2.75 bits per heavy atom. The van der Waals surface area contributed by atoms with Crippen molar-refractivity contribution in [2.24, 2.45) is 7.05 Å². The molecule has 1 aliphatic heterocycles. The molecular formula is C16H24N6O2. The van der Waals surface area contributed by atoms with Gasteiger partial charge in [0.15, 0.2) is 0 Å². The van der Waals surface area contributed by atoms with Crippen molar-refractivity contribution in [2.45, 2.75) is 45.1 Å². The summed E-state index contributed by atoms with van der Waals surface area (Å²) in [6.07, 6.45) is 6.51. The van der Waals surface area contributed by atoms with Crippen LogP contribution in [0, 0.1) is 0 Å². The molecule has 1 saturated heterocycles. The van der Waals surface area contributed by atoms with Crippen LogP contribution < -0.4 is 5.69 Å². The molecule has 0 unspecified atom stereocenters. The van der Waals surface area contributed by atoms with E-state index in [9.17, 15) is 9.59 Å². The number of nitrogens with zero attached hydrogens (tertiary/aromatic N) is 5. The maximum atomic E-state index is 12.3. The lowest BCUT2D eigenvalue weighted by Crippen LogP contribution is -2.38. The van der Waals surface area contributed by atoms with Gasteiger partial charge in [0.1, 0.15) is 5.82 Å². The number of hydrogen-bond acceptors (Lipinski definition) is 4. The molecule has 3 rings (SSSR count). The highest BCUT2D eigenvalue weighted by Gasteiger charge is 2.27. The minimum absolute atomic E-state index is 0.0638. The molecule has 0 saturated carbocycles. The molecule has 8 nitrogen and oxygen atoms in total. The van der Waals surface area contributed by atoms with Gasteiger partial charge in [-0.1, -0.05) is 0 Å². The molecule has 24 heavy (non-hydrogen) atoms. The van der Waals surface area contributed by atoms with Crippen LogP contribution in [0.3, 0.4) is 0 Å². The molecule has 1 fully saturated rings. The van der Waals surface area contributed by atoms with Crippen LogP contribution in [0.25, 0.3) is 0 Å². The van der Waals surface area contributed by atoms with Crippen LogP contribution >= 0.6 is 0 Å². The van der Waals surface area contributed by atoms with Crippen molar-refractivity contribution in [1.29, 1.82) is 0 Å². The molecule has 1 amide bonds. The Balaban J connectivity index is 1.56. The molecule has 0 aliphatic carbocycles. The lowest BCUT2D eigenvalue weighted by Gasteiger charge is -2.31. The largest absolute Gasteiger partial charge is 0.345 e. The normalized spacial score (nSPS) is 15.8. The second-order valence-corrected chi connectivity index (χ2v) is 6.27. The van der Waals surface area contributed by atoms with Crippen molar-refractivity contribution in [3.05, 3.63) is 34.3 Å². The SMILES string of the molecule is CCn1c(C2CCN(C(=O)CCc3cn[nH]c3)CC2)nn(C)c1=O. The van der Waals surface area contributed by atoms with E-state index in [1.807, 2.05) is 18.0 Å². The van der Waals surface area contributed by atoms with Crippen LogP contribution in [0.4, 0.5) is 0 Å². The van der Waals surface area contributed by atoms with Crippen molar-refractivity contribution in [2.75, 3.05) is 13.1 Å². The Bertz CT molecular complexity index is 737. The van der Waals surface area contributed by atoms with Crippen molar-refractivity contribution < 1.29 is 4.79 Å². The number of aromatic nitrogens is 5. The standard InChI is InChI=1S/C16H24N6O2/c1-3-22-15(19-20(2)16(22)24)13-6-8-21(9-7-13)14(23)5-4-12-10-17-18-11-12/h10-11,13H,3-9H2,1-2H3,(H,17,18). The second-order valence-electron chi connectivity index (χ2n) is 6.27. The fourth-order valence-electron chi connectivity index (χ4n) is 3.33. The summed E-state index contributed by atoms with van der Waals surface area (Å²) in [5.74, 6) is 1.29. The number of carbonyl (C=O) groups is 1. The molecule has 0 aromatic carbocycles. The maximum absolute atomic E-state index is 12.3. The number of H-pyrrole nitrogens is 1. The van der Waals surface area contributed by atoms with Gasteiger partial charge in [-0.25, -0.2) is 9.48 Å². The highest BCUT2D eigenvalue weighted by atomic mass is 16.2. The predicted molar refractivity (Wildman–Crippen MR) is 88.6 cm³/mol. The molecular weight excluding hydrogens is 308 g/mol. The van der Waals surface area contributed by atoms with Crippen molar-refractivity contribution in [1.82, 2.24) is 29.4 Å². The Labute approximate surface area is 140 Å². The number of piperidine rings is 1. The van der Waals surface area contributed by atoms with Crippen molar-refractivity contribution in [3.63, 3.8) is 0 Å². The topological polar surface area (TPSA) is 88.8 Å². The van der Waals surface area contributed by atoms with Crippen LogP contribution in [0.2, 0.25) is 0 Å². The molecule has 2 aromatic rings. The van der Waals surface area contributed by atoms with E-state index in [-0.39, 0.29) is 17.5 Å². The third kappa shape index (κ3) is 3.27. The van der Waals surface area contributed by atoms with Crippen LogP contribution in [0.1, 0.15) is 43.5 Å². The van der Waals surface area contributed by atoms with Gasteiger partial charge in [-0.15, -0.1) is 0 Å². The molecule has 1 N–H and O–H groups in total. The zero-order valence-electron chi connectivity index (χ0n) is 14.2. The average Bonchev–Trinajstić information content (AvgIpc) is 3.21. The third-order valence-electron chi connectivity index (χ3n) is 4.75. The summed E-state index contributed by atoms with van der Waals surface area (Å²) < 4.78 is 3.14. The average molecular weight is 332 g/mol. The van der Waals surface area contributed by atoms with E-state index < -0.39 is 0 Å². The van der Waals surface area contributed by atoms with E-state index in [0.717, 1.165) is 37.3 Å². The molecule has 130 valence electrons. The predicted octanol–water partition coefficient (Wildman–Crippen LogP) is 0.664. The summed E-state index contributed by atoms with van der Waals surface area (Å²) in [6, 6.07) is 0. The molecule has 8 heteroatoms. The molecule has 1 aliphatic rings. The van der Waals surface area contributed by atoms with Gasteiger partial charge in [-0.05, 0) is 31.7 Å². The first kappa shape index (κ1) is 16.5. The number of likely N-dealkylation sites (tertiary alicyclic amines) is 1. The minimum atomic E-state index is -0.0638. The van der Waals surface area contributed by atoms with Gasteiger partial charge < -0.3 is 4.90 Å². The summed E-state index contributed by atoms with van der Waals surface area (Å²) >= 11 is 0. The monoisotopic (exact) mass is 332 g/mol. The Morgan fingerprint density at radius 1 is 1.38 bits per heavy atom. The van der Waals surface area contributed by atoms with Gasteiger partial charge in [0.25, 0.3) is 0 Å². The van der Waals surface area contributed by atoms with E-state index in [1.54, 1.807) is 17.8 Å². The molecule has 0 spiro atoms. The highest BCUT2D eigenvalue weighted by Crippen LogP contribution is 2.26. The Morgan fingerprint density at radius 2 is 2.12 bits per heavy atom. The highest BCUT2D eigenvalue weighted by molar-refractivity contribution is 5.76. The van der Waals surface area contributed by atoms with Gasteiger partial charge in [-0.3, -0.25) is 14.5 Å². The van der Waals surface area contributed by atoms with E-state index in [0.29, 0.717) is 19.4 Å². The molecule has 0 atom stereocenters. The lowest BCUT2D eigenvalue weighted by molar-refractivity contribution is -0.132. The number of nitrogens with one attached hydrogen (secondary N) is 1. The van der Waals surface area contributed by atoms with Crippen molar-refractivity contribution >= 4 is 5.91 Å². The van der Waals surface area contributed by atoms with Gasteiger partial charge in [0.05, 0.1) is 6.20 Å². The summed E-state index contributed by atoms with van der Waals surface area (Å²) in [7, 11) is 1.69. The van der Waals surface area contributed by atoms with Gasteiger partial charge >= 0.3 is 5.69 Å². The Hall–Kier alpha value is -2.38. The van der Waals surface area contributed by atoms with Gasteiger partial charge in [-0.2, -0.15) is 10.2 Å². The zero-order chi connectivity index (χ0) is 17.1. The first-order valence-electron chi connectivity index (χ1n) is 8.49. The molecule has 3 heterocycles. The van der Waals surface area contributed by atoms with Crippen LogP contribution in [-0.4, -0.2) is 48.4 Å². The summed E-state index contributed by atoms with van der Waals surface area (Å²) in [5.41, 5.74) is 0.991. The molecule has 2 aromatic heterocycles. The fourth-order valence-corrected chi connectivity index (χ4v) is 3.33. The number of aromatic amines is 1. The lowest BCUT2D eigenvalue weighted by atomic mass is 9.95. The van der Waals surface area contributed by atoms with E-state index >= 15 is 0 Å². The van der Waals surface area contributed by atoms with Crippen LogP contribution in [-0.2, 0) is 24.8 Å². The van der Waals surface area contributed by atoms with E-state index in [4.69, 9.17) is 0 Å². The second kappa shape index (κ2) is 7.02. The summed E-state index contributed by atoms with van der Waals surface area (Å²) in [4.78, 5) is 26.3. The number of rotatable bonds is 5. The van der Waals surface area contributed by atoms with E-state index in [1.165, 1.54) is 4.68 Å². The summed E-state index contributed by atoms with van der Waals surface area (Å²) in [5, 5.41) is 11.1. The number of aryl methyl sites for hydroxylation is 2.